The van der Waals surface area contributed by atoms with E-state index in [1.54, 1.807) is 0 Å². The van der Waals surface area contributed by atoms with Crippen molar-refractivity contribution < 1.29 is 14.3 Å². The van der Waals surface area contributed by atoms with Crippen LogP contribution in [0.3, 0.4) is 0 Å². The number of hydrogen-bond acceptors (Lipinski definition) is 3. The number of carbonyl (C=O) groups excluding carboxylic acids is 2. The summed E-state index contributed by atoms with van der Waals surface area (Å²) in [4.78, 5) is 23.4. The summed E-state index contributed by atoms with van der Waals surface area (Å²) >= 11 is 0. The van der Waals surface area contributed by atoms with Gasteiger partial charge in [0.15, 0.2) is 0 Å². The lowest BCUT2D eigenvalue weighted by atomic mass is 9.67. The Morgan fingerprint density at radius 3 is 2.39 bits per heavy atom. The molecule has 1 unspecified atom stereocenters. The minimum Gasteiger partial charge on any atom is -0.468 e. The van der Waals surface area contributed by atoms with Gasteiger partial charge in [-0.1, -0.05) is 27.2 Å². The van der Waals surface area contributed by atoms with Crippen LogP contribution in [-0.2, 0) is 14.3 Å². The molecule has 0 saturated heterocycles. The van der Waals surface area contributed by atoms with E-state index in [0.717, 1.165) is 0 Å². The summed E-state index contributed by atoms with van der Waals surface area (Å²) in [6.45, 7) is 6.80. The van der Waals surface area contributed by atoms with E-state index in [1.165, 1.54) is 26.4 Å². The van der Waals surface area contributed by atoms with Crippen LogP contribution in [0.25, 0.3) is 0 Å². The Balaban J connectivity index is 2.46. The normalized spacial score (nSPS) is 17.8. The Hall–Kier alpha value is -1.06. The number of amides is 1. The van der Waals surface area contributed by atoms with Crippen molar-refractivity contribution in [3.63, 3.8) is 0 Å². The SMILES string of the molecule is CCC(C(=O)NCC(C)(C)C1CCC1)C(=O)OC. The molecule has 0 aromatic carbocycles. The molecule has 4 heteroatoms. The van der Waals surface area contributed by atoms with E-state index in [4.69, 9.17) is 0 Å². The zero-order chi connectivity index (χ0) is 13.8. The van der Waals surface area contributed by atoms with Gasteiger partial charge in [-0.25, -0.2) is 0 Å². The van der Waals surface area contributed by atoms with Crippen LogP contribution in [0.2, 0.25) is 0 Å². The molecule has 1 rings (SSSR count). The molecule has 4 nitrogen and oxygen atoms in total. The molecule has 1 aliphatic carbocycles. The number of methoxy groups -OCH3 is 1. The van der Waals surface area contributed by atoms with E-state index in [0.29, 0.717) is 18.9 Å². The first-order valence-electron chi connectivity index (χ1n) is 6.78. The van der Waals surface area contributed by atoms with Gasteiger partial charge in [-0.05, 0) is 30.6 Å². The van der Waals surface area contributed by atoms with Crippen molar-refractivity contribution in [1.29, 1.82) is 0 Å². The van der Waals surface area contributed by atoms with E-state index >= 15 is 0 Å². The molecule has 0 aromatic rings. The van der Waals surface area contributed by atoms with Crippen molar-refractivity contribution >= 4 is 11.9 Å². The van der Waals surface area contributed by atoms with Gasteiger partial charge in [0.05, 0.1) is 7.11 Å². The van der Waals surface area contributed by atoms with Crippen molar-refractivity contribution in [3.8, 4) is 0 Å². The highest BCUT2D eigenvalue weighted by Gasteiger charge is 2.35. The molecule has 1 aliphatic rings. The molecule has 1 fully saturated rings. The van der Waals surface area contributed by atoms with Crippen LogP contribution in [0.1, 0.15) is 46.5 Å². The minimum atomic E-state index is -0.674. The second-order valence-corrected chi connectivity index (χ2v) is 5.82. The first kappa shape index (κ1) is 15.0. The smallest absolute Gasteiger partial charge is 0.318 e. The van der Waals surface area contributed by atoms with Gasteiger partial charge in [-0.15, -0.1) is 0 Å². The molecule has 0 spiro atoms. The van der Waals surface area contributed by atoms with Gasteiger partial charge < -0.3 is 10.1 Å². The van der Waals surface area contributed by atoms with E-state index in [1.807, 2.05) is 6.92 Å². The fourth-order valence-electron chi connectivity index (χ4n) is 2.37. The Morgan fingerprint density at radius 1 is 1.39 bits per heavy atom. The molecule has 1 atom stereocenters. The topological polar surface area (TPSA) is 55.4 Å². The maximum absolute atomic E-state index is 11.9. The van der Waals surface area contributed by atoms with Crippen molar-refractivity contribution in [1.82, 2.24) is 5.32 Å². The van der Waals surface area contributed by atoms with Gasteiger partial charge >= 0.3 is 5.97 Å². The Labute approximate surface area is 109 Å². The van der Waals surface area contributed by atoms with Crippen molar-refractivity contribution in [2.24, 2.45) is 17.3 Å². The number of esters is 1. The molecule has 0 heterocycles. The number of nitrogens with one attached hydrogen (secondary N) is 1. The Bertz CT molecular complexity index is 308. The molecular formula is C14H25NO3. The quantitative estimate of drug-likeness (QED) is 0.584. The first-order valence-corrected chi connectivity index (χ1v) is 6.78. The molecule has 1 N–H and O–H groups in total. The predicted octanol–water partition coefficient (Wildman–Crippen LogP) is 2.13. The van der Waals surface area contributed by atoms with Crippen LogP contribution < -0.4 is 5.32 Å². The zero-order valence-corrected chi connectivity index (χ0v) is 11.9. The van der Waals surface area contributed by atoms with Crippen LogP contribution in [0.4, 0.5) is 0 Å². The lowest BCUT2D eigenvalue weighted by Gasteiger charge is -2.40. The van der Waals surface area contributed by atoms with Crippen LogP contribution >= 0.6 is 0 Å². The molecule has 104 valence electrons. The summed E-state index contributed by atoms with van der Waals surface area (Å²) in [6.07, 6.45) is 4.26. The van der Waals surface area contributed by atoms with Gasteiger partial charge in [-0.3, -0.25) is 9.59 Å². The monoisotopic (exact) mass is 255 g/mol. The Kier molecular flexibility index (Phi) is 5.17. The number of rotatable bonds is 6. The summed E-state index contributed by atoms with van der Waals surface area (Å²) in [5, 5.41) is 2.90. The summed E-state index contributed by atoms with van der Waals surface area (Å²) in [5.74, 6) is -0.642. The van der Waals surface area contributed by atoms with E-state index in [2.05, 4.69) is 23.9 Å². The highest BCUT2D eigenvalue weighted by atomic mass is 16.5. The zero-order valence-electron chi connectivity index (χ0n) is 11.9. The Morgan fingerprint density at radius 2 is 2.00 bits per heavy atom. The third kappa shape index (κ3) is 3.47. The van der Waals surface area contributed by atoms with Crippen LogP contribution in [0.5, 0.6) is 0 Å². The predicted molar refractivity (Wildman–Crippen MR) is 69.9 cm³/mol. The van der Waals surface area contributed by atoms with Crippen LogP contribution in [-0.4, -0.2) is 25.5 Å². The number of hydrogen-bond donors (Lipinski definition) is 1. The molecular weight excluding hydrogens is 230 g/mol. The van der Waals surface area contributed by atoms with Crippen LogP contribution in [0, 0.1) is 17.3 Å². The summed E-state index contributed by atoms with van der Waals surface area (Å²) in [7, 11) is 1.32. The number of carbonyl (C=O) groups is 2. The van der Waals surface area contributed by atoms with Crippen LogP contribution in [0.15, 0.2) is 0 Å². The largest absolute Gasteiger partial charge is 0.468 e. The molecule has 0 bridgehead atoms. The van der Waals surface area contributed by atoms with E-state index in [9.17, 15) is 9.59 Å². The lowest BCUT2D eigenvalue weighted by molar-refractivity contribution is -0.150. The fourth-order valence-corrected chi connectivity index (χ4v) is 2.37. The molecule has 0 aliphatic heterocycles. The summed E-state index contributed by atoms with van der Waals surface area (Å²) in [5.41, 5.74) is 0.113. The summed E-state index contributed by atoms with van der Waals surface area (Å²) in [6, 6.07) is 0. The first-order chi connectivity index (χ1) is 8.42. The molecule has 18 heavy (non-hydrogen) atoms. The highest BCUT2D eigenvalue weighted by Crippen LogP contribution is 2.41. The second-order valence-electron chi connectivity index (χ2n) is 5.82. The third-order valence-electron chi connectivity index (χ3n) is 4.14. The average Bonchev–Trinajstić information content (AvgIpc) is 2.24. The highest BCUT2D eigenvalue weighted by molar-refractivity contribution is 5.97. The minimum absolute atomic E-state index is 0.113. The van der Waals surface area contributed by atoms with Gasteiger partial charge in [0, 0.05) is 6.54 Å². The molecule has 0 aromatic heterocycles. The van der Waals surface area contributed by atoms with Crippen molar-refractivity contribution in [2.75, 3.05) is 13.7 Å². The lowest BCUT2D eigenvalue weighted by Crippen LogP contribution is -2.44. The fraction of sp³-hybridized carbons (Fsp3) is 0.857. The van der Waals surface area contributed by atoms with E-state index < -0.39 is 11.9 Å². The standard InChI is InChI=1S/C14H25NO3/c1-5-11(13(17)18-4)12(16)15-9-14(2,3)10-7-6-8-10/h10-11H,5-9H2,1-4H3,(H,15,16). The van der Waals surface area contributed by atoms with Crippen molar-refractivity contribution in [3.05, 3.63) is 0 Å². The molecule has 1 amide bonds. The van der Waals surface area contributed by atoms with Gasteiger partial charge in [0.2, 0.25) is 5.91 Å². The second kappa shape index (κ2) is 6.21. The van der Waals surface area contributed by atoms with Gasteiger partial charge in [0.1, 0.15) is 5.92 Å². The molecule has 1 saturated carbocycles. The van der Waals surface area contributed by atoms with Gasteiger partial charge in [-0.2, -0.15) is 0 Å². The number of ether oxygens (including phenoxy) is 1. The summed E-state index contributed by atoms with van der Waals surface area (Å²) < 4.78 is 4.64. The maximum atomic E-state index is 11.9. The van der Waals surface area contributed by atoms with Crippen molar-refractivity contribution in [2.45, 2.75) is 46.5 Å². The van der Waals surface area contributed by atoms with E-state index in [-0.39, 0.29) is 11.3 Å². The third-order valence-corrected chi connectivity index (χ3v) is 4.14. The average molecular weight is 255 g/mol. The van der Waals surface area contributed by atoms with Gasteiger partial charge in [0.25, 0.3) is 0 Å². The maximum Gasteiger partial charge on any atom is 0.318 e. The molecule has 0 radical (unpaired) electrons.